The summed E-state index contributed by atoms with van der Waals surface area (Å²) in [5.41, 5.74) is 5.75. The lowest BCUT2D eigenvalue weighted by atomic mass is 9.82. The van der Waals surface area contributed by atoms with Crippen LogP contribution in [0.25, 0.3) is 0 Å². The van der Waals surface area contributed by atoms with E-state index in [-0.39, 0.29) is 0 Å². The number of nitrogen functional groups attached to an aromatic ring is 1. The first kappa shape index (κ1) is 11.8. The third-order valence-electron chi connectivity index (χ3n) is 2.75. The summed E-state index contributed by atoms with van der Waals surface area (Å²) in [7, 11) is 0. The van der Waals surface area contributed by atoms with Gasteiger partial charge in [0.05, 0.1) is 0 Å². The largest absolute Gasteiger partial charge is 0.382 e. The highest BCUT2D eigenvalue weighted by Crippen LogP contribution is 2.25. The molecule has 0 aromatic carbocycles. The first-order valence-corrected chi connectivity index (χ1v) is 5.22. The van der Waals surface area contributed by atoms with Gasteiger partial charge in [-0.2, -0.15) is 0 Å². The molecule has 84 valence electrons. The van der Waals surface area contributed by atoms with E-state index in [1.165, 1.54) is 0 Å². The fourth-order valence-electron chi connectivity index (χ4n) is 1.00. The monoisotopic (exact) mass is 208 g/mol. The van der Waals surface area contributed by atoms with E-state index in [4.69, 9.17) is 5.73 Å². The summed E-state index contributed by atoms with van der Waals surface area (Å²) >= 11 is 0. The van der Waals surface area contributed by atoms with Crippen molar-refractivity contribution in [3.8, 4) is 0 Å². The molecule has 4 nitrogen and oxygen atoms in total. The molecule has 1 aromatic heterocycles. The van der Waals surface area contributed by atoms with Gasteiger partial charge in [-0.1, -0.05) is 27.7 Å². The summed E-state index contributed by atoms with van der Waals surface area (Å²) < 4.78 is 0. The molecule has 0 bridgehead atoms. The summed E-state index contributed by atoms with van der Waals surface area (Å²) in [6.45, 7) is 9.80. The summed E-state index contributed by atoms with van der Waals surface area (Å²) in [5.74, 6) is 1.79. The zero-order chi connectivity index (χ0) is 11.5. The maximum atomic E-state index is 5.45. The molecular weight excluding hydrogens is 188 g/mol. The number of nitrogens with two attached hydrogens (primary N) is 1. The molecule has 1 aromatic rings. The molecule has 15 heavy (non-hydrogen) atoms. The average Bonchev–Trinajstić information content (AvgIpc) is 2.15. The second-order valence-corrected chi connectivity index (χ2v) is 4.99. The Bertz CT molecular complexity index is 299. The highest BCUT2D eigenvalue weighted by molar-refractivity contribution is 5.38. The van der Waals surface area contributed by atoms with Crippen molar-refractivity contribution in [3.05, 3.63) is 12.1 Å². The lowest BCUT2D eigenvalue weighted by molar-refractivity contribution is 0.274. The number of anilines is 2. The first-order chi connectivity index (χ1) is 6.89. The van der Waals surface area contributed by atoms with Crippen LogP contribution in [0, 0.1) is 11.3 Å². The maximum Gasteiger partial charge on any atom is 0.148 e. The third-order valence-corrected chi connectivity index (χ3v) is 2.75. The Balaban J connectivity index is 2.47. The molecule has 0 saturated carbocycles. The van der Waals surface area contributed by atoms with E-state index in [0.717, 1.165) is 12.4 Å². The minimum Gasteiger partial charge on any atom is -0.382 e. The second kappa shape index (κ2) is 4.47. The topological polar surface area (TPSA) is 63.8 Å². The minimum absolute atomic E-state index is 0.300. The van der Waals surface area contributed by atoms with Gasteiger partial charge >= 0.3 is 0 Å². The molecule has 0 saturated heterocycles. The van der Waals surface area contributed by atoms with E-state index in [0.29, 0.717) is 17.2 Å². The van der Waals surface area contributed by atoms with Gasteiger partial charge in [-0.25, -0.2) is 0 Å². The smallest absolute Gasteiger partial charge is 0.148 e. The van der Waals surface area contributed by atoms with Gasteiger partial charge in [-0.15, -0.1) is 10.2 Å². The Morgan fingerprint density at radius 2 is 2.00 bits per heavy atom. The zero-order valence-corrected chi connectivity index (χ0v) is 9.91. The lowest BCUT2D eigenvalue weighted by Crippen LogP contribution is -2.25. The van der Waals surface area contributed by atoms with Crippen LogP contribution < -0.4 is 11.1 Å². The van der Waals surface area contributed by atoms with Crippen molar-refractivity contribution in [2.24, 2.45) is 11.3 Å². The van der Waals surface area contributed by atoms with E-state index in [9.17, 15) is 0 Å². The minimum atomic E-state index is 0.300. The van der Waals surface area contributed by atoms with Crippen LogP contribution in [0.4, 0.5) is 11.6 Å². The summed E-state index contributed by atoms with van der Waals surface area (Å²) in [4.78, 5) is 0. The Labute approximate surface area is 91.3 Å². The number of aromatic nitrogens is 2. The summed E-state index contributed by atoms with van der Waals surface area (Å²) in [6, 6.07) is 3.59. The van der Waals surface area contributed by atoms with Crippen LogP contribution in [0.1, 0.15) is 27.7 Å². The van der Waals surface area contributed by atoms with Crippen LogP contribution >= 0.6 is 0 Å². The van der Waals surface area contributed by atoms with Gasteiger partial charge < -0.3 is 11.1 Å². The van der Waals surface area contributed by atoms with Crippen molar-refractivity contribution in [2.45, 2.75) is 27.7 Å². The zero-order valence-electron chi connectivity index (χ0n) is 9.91. The lowest BCUT2D eigenvalue weighted by Gasteiger charge is -2.27. The molecule has 0 aliphatic heterocycles. The van der Waals surface area contributed by atoms with E-state index in [2.05, 4.69) is 43.2 Å². The number of rotatable bonds is 3. The standard InChI is InChI=1S/C11H20N4/c1-8(11(2,3)4)7-13-10-6-5-9(12)14-15-10/h5-6,8H,7H2,1-4H3,(H2,12,14)(H,13,15). The number of hydrogen-bond acceptors (Lipinski definition) is 4. The SMILES string of the molecule is CC(CNc1ccc(N)nn1)C(C)(C)C. The van der Waals surface area contributed by atoms with Crippen LogP contribution in [-0.4, -0.2) is 16.7 Å². The van der Waals surface area contributed by atoms with Crippen LogP contribution in [0.15, 0.2) is 12.1 Å². The molecule has 0 amide bonds. The highest BCUT2D eigenvalue weighted by Gasteiger charge is 2.19. The van der Waals surface area contributed by atoms with Crippen molar-refractivity contribution in [2.75, 3.05) is 17.6 Å². The fraction of sp³-hybridized carbons (Fsp3) is 0.636. The quantitative estimate of drug-likeness (QED) is 0.799. The molecule has 1 heterocycles. The molecule has 0 spiro atoms. The van der Waals surface area contributed by atoms with Gasteiger partial charge in [-0.3, -0.25) is 0 Å². The molecule has 1 atom stereocenters. The molecular formula is C11H20N4. The molecule has 0 fully saturated rings. The Hall–Kier alpha value is -1.32. The fourth-order valence-corrected chi connectivity index (χ4v) is 1.00. The van der Waals surface area contributed by atoms with Gasteiger partial charge in [0.25, 0.3) is 0 Å². The van der Waals surface area contributed by atoms with Crippen molar-refractivity contribution in [1.82, 2.24) is 10.2 Å². The van der Waals surface area contributed by atoms with E-state index in [1.54, 1.807) is 6.07 Å². The van der Waals surface area contributed by atoms with Gasteiger partial charge in [-0.05, 0) is 23.5 Å². The Morgan fingerprint density at radius 3 is 2.47 bits per heavy atom. The van der Waals surface area contributed by atoms with Crippen LogP contribution in [0.2, 0.25) is 0 Å². The molecule has 0 aliphatic rings. The summed E-state index contributed by atoms with van der Waals surface area (Å²) in [6.07, 6.45) is 0. The first-order valence-electron chi connectivity index (χ1n) is 5.22. The van der Waals surface area contributed by atoms with Gasteiger partial charge in [0, 0.05) is 6.54 Å². The van der Waals surface area contributed by atoms with Crippen LogP contribution in [0.5, 0.6) is 0 Å². The average molecular weight is 208 g/mol. The third kappa shape index (κ3) is 3.73. The molecule has 0 aliphatic carbocycles. The maximum absolute atomic E-state index is 5.45. The molecule has 3 N–H and O–H groups in total. The van der Waals surface area contributed by atoms with Gasteiger partial charge in [0.1, 0.15) is 11.6 Å². The van der Waals surface area contributed by atoms with E-state index < -0.39 is 0 Å². The van der Waals surface area contributed by atoms with E-state index >= 15 is 0 Å². The summed E-state index contributed by atoms with van der Waals surface area (Å²) in [5, 5.41) is 11.0. The molecule has 1 rings (SSSR count). The predicted molar refractivity (Wildman–Crippen MR) is 63.6 cm³/mol. The predicted octanol–water partition coefficient (Wildman–Crippen LogP) is 2.15. The number of hydrogen-bond donors (Lipinski definition) is 2. The second-order valence-electron chi connectivity index (χ2n) is 4.99. The van der Waals surface area contributed by atoms with Crippen molar-refractivity contribution in [3.63, 3.8) is 0 Å². The number of nitrogens with one attached hydrogen (secondary N) is 1. The molecule has 0 radical (unpaired) electrons. The van der Waals surface area contributed by atoms with Crippen LogP contribution in [-0.2, 0) is 0 Å². The Morgan fingerprint density at radius 1 is 1.33 bits per heavy atom. The van der Waals surface area contributed by atoms with E-state index in [1.807, 2.05) is 6.07 Å². The Kier molecular flexibility index (Phi) is 3.50. The van der Waals surface area contributed by atoms with Crippen molar-refractivity contribution < 1.29 is 0 Å². The highest BCUT2D eigenvalue weighted by atomic mass is 15.2. The van der Waals surface area contributed by atoms with Crippen LogP contribution in [0.3, 0.4) is 0 Å². The normalized spacial score (nSPS) is 13.6. The van der Waals surface area contributed by atoms with Gasteiger partial charge in [0.2, 0.25) is 0 Å². The molecule has 4 heteroatoms. The molecule has 1 unspecified atom stereocenters. The van der Waals surface area contributed by atoms with Crippen molar-refractivity contribution in [1.29, 1.82) is 0 Å². The number of nitrogens with zero attached hydrogens (tertiary/aromatic N) is 2. The van der Waals surface area contributed by atoms with Crippen molar-refractivity contribution >= 4 is 11.6 Å². The van der Waals surface area contributed by atoms with Gasteiger partial charge in [0.15, 0.2) is 0 Å².